The van der Waals surface area contributed by atoms with Crippen molar-refractivity contribution in [3.05, 3.63) is 21.2 Å². The number of hydrogen-bond acceptors (Lipinski definition) is 4. The Labute approximate surface area is 124 Å². The van der Waals surface area contributed by atoms with E-state index in [1.165, 1.54) is 0 Å². The first-order valence-electron chi connectivity index (χ1n) is 5.88. The molecule has 6 heteroatoms. The summed E-state index contributed by atoms with van der Waals surface area (Å²) >= 11 is 6.94. The predicted molar refractivity (Wildman–Crippen MR) is 79.9 cm³/mol. The van der Waals surface area contributed by atoms with Crippen molar-refractivity contribution in [1.82, 2.24) is 9.88 Å². The van der Waals surface area contributed by atoms with Crippen molar-refractivity contribution < 1.29 is 5.11 Å². The first-order valence-corrected chi connectivity index (χ1v) is 7.46. The van der Waals surface area contributed by atoms with Crippen LogP contribution in [0.4, 0.5) is 5.82 Å². The SMILES string of the molecule is CN(C)CC1CC(O)CN1c1ncc(Br)cc1Br. The Morgan fingerprint density at radius 1 is 1.50 bits per heavy atom. The molecule has 0 bridgehead atoms. The third-order valence-electron chi connectivity index (χ3n) is 3.03. The van der Waals surface area contributed by atoms with Crippen LogP contribution in [0.2, 0.25) is 0 Å². The lowest BCUT2D eigenvalue weighted by atomic mass is 10.2. The number of aromatic nitrogens is 1. The topological polar surface area (TPSA) is 39.6 Å². The third kappa shape index (κ3) is 3.23. The van der Waals surface area contributed by atoms with E-state index in [1.807, 2.05) is 20.2 Å². The number of aliphatic hydroxyl groups excluding tert-OH is 1. The van der Waals surface area contributed by atoms with E-state index in [-0.39, 0.29) is 6.10 Å². The summed E-state index contributed by atoms with van der Waals surface area (Å²) in [4.78, 5) is 8.78. The fourth-order valence-corrected chi connectivity index (χ4v) is 3.58. The minimum absolute atomic E-state index is 0.271. The largest absolute Gasteiger partial charge is 0.391 e. The van der Waals surface area contributed by atoms with E-state index < -0.39 is 0 Å². The minimum Gasteiger partial charge on any atom is -0.391 e. The molecule has 18 heavy (non-hydrogen) atoms. The number of halogens is 2. The van der Waals surface area contributed by atoms with Crippen LogP contribution in [0.15, 0.2) is 21.2 Å². The molecule has 1 aliphatic rings. The van der Waals surface area contributed by atoms with Gasteiger partial charge in [0.15, 0.2) is 0 Å². The van der Waals surface area contributed by atoms with Crippen molar-refractivity contribution in [2.24, 2.45) is 0 Å². The van der Waals surface area contributed by atoms with E-state index in [0.29, 0.717) is 12.6 Å². The summed E-state index contributed by atoms with van der Waals surface area (Å²) in [5.41, 5.74) is 0. The molecule has 0 radical (unpaired) electrons. The maximum atomic E-state index is 9.88. The molecule has 2 atom stereocenters. The van der Waals surface area contributed by atoms with E-state index in [1.54, 1.807) is 6.20 Å². The highest BCUT2D eigenvalue weighted by Crippen LogP contribution is 2.32. The zero-order valence-electron chi connectivity index (χ0n) is 10.5. The molecular weight excluding hydrogens is 362 g/mol. The fourth-order valence-electron chi connectivity index (χ4n) is 2.36. The molecule has 2 heterocycles. The normalized spacial score (nSPS) is 24.0. The Hall–Kier alpha value is -0.170. The van der Waals surface area contributed by atoms with Crippen LogP contribution in [0.3, 0.4) is 0 Å². The molecular formula is C12H17Br2N3O. The van der Waals surface area contributed by atoms with Gasteiger partial charge in [0.1, 0.15) is 5.82 Å². The number of rotatable bonds is 3. The van der Waals surface area contributed by atoms with Crippen molar-refractivity contribution >= 4 is 37.7 Å². The highest BCUT2D eigenvalue weighted by atomic mass is 79.9. The molecule has 1 N–H and O–H groups in total. The summed E-state index contributed by atoms with van der Waals surface area (Å²) < 4.78 is 1.90. The zero-order chi connectivity index (χ0) is 13.3. The zero-order valence-corrected chi connectivity index (χ0v) is 13.6. The van der Waals surface area contributed by atoms with Gasteiger partial charge in [-0.3, -0.25) is 0 Å². The van der Waals surface area contributed by atoms with Crippen molar-refractivity contribution in [3.8, 4) is 0 Å². The molecule has 100 valence electrons. The third-order valence-corrected chi connectivity index (χ3v) is 4.05. The Kier molecular flexibility index (Phi) is 4.64. The Morgan fingerprint density at radius 2 is 2.22 bits per heavy atom. The van der Waals surface area contributed by atoms with Crippen LogP contribution in [0.25, 0.3) is 0 Å². The van der Waals surface area contributed by atoms with Gasteiger partial charge in [0, 0.05) is 29.8 Å². The van der Waals surface area contributed by atoms with Crippen molar-refractivity contribution in [3.63, 3.8) is 0 Å². The molecule has 0 aliphatic carbocycles. The second-order valence-corrected chi connectivity index (χ2v) is 6.69. The van der Waals surface area contributed by atoms with Crippen LogP contribution in [0.5, 0.6) is 0 Å². The van der Waals surface area contributed by atoms with Crippen LogP contribution in [0, 0.1) is 0 Å². The lowest BCUT2D eigenvalue weighted by Gasteiger charge is -2.28. The number of aliphatic hydroxyl groups is 1. The summed E-state index contributed by atoms with van der Waals surface area (Å²) in [6.07, 6.45) is 2.31. The first kappa shape index (κ1) is 14.2. The molecule has 1 aliphatic heterocycles. The molecule has 1 saturated heterocycles. The van der Waals surface area contributed by atoms with Crippen molar-refractivity contribution in [2.45, 2.75) is 18.6 Å². The molecule has 2 unspecified atom stereocenters. The van der Waals surface area contributed by atoms with Gasteiger partial charge in [-0.15, -0.1) is 0 Å². The molecule has 1 aromatic rings. The lowest BCUT2D eigenvalue weighted by molar-refractivity contribution is 0.191. The van der Waals surface area contributed by atoms with Gasteiger partial charge in [-0.1, -0.05) is 0 Å². The van der Waals surface area contributed by atoms with Gasteiger partial charge < -0.3 is 14.9 Å². The molecule has 0 saturated carbocycles. The summed E-state index contributed by atoms with van der Waals surface area (Å²) in [6, 6.07) is 2.29. The number of pyridine rings is 1. The molecule has 1 fully saturated rings. The Bertz CT molecular complexity index is 428. The molecule has 1 aromatic heterocycles. The van der Waals surface area contributed by atoms with Crippen LogP contribution >= 0.6 is 31.9 Å². The Balaban J connectivity index is 2.24. The number of β-amino-alcohol motifs (C(OH)–C–C–N with tert-alkyl or cyclic N) is 1. The van der Waals surface area contributed by atoms with Crippen LogP contribution in [0.1, 0.15) is 6.42 Å². The van der Waals surface area contributed by atoms with Crippen LogP contribution in [-0.2, 0) is 0 Å². The van der Waals surface area contributed by atoms with Gasteiger partial charge in [-0.25, -0.2) is 4.98 Å². The Morgan fingerprint density at radius 3 is 2.83 bits per heavy atom. The van der Waals surface area contributed by atoms with Gasteiger partial charge in [-0.05, 0) is 58.4 Å². The van der Waals surface area contributed by atoms with Crippen LogP contribution in [-0.4, -0.2) is 54.3 Å². The number of nitrogens with zero attached hydrogens (tertiary/aromatic N) is 3. The molecule has 0 spiro atoms. The van der Waals surface area contributed by atoms with Crippen LogP contribution < -0.4 is 4.90 Å². The molecule has 0 aromatic carbocycles. The van der Waals surface area contributed by atoms with E-state index >= 15 is 0 Å². The highest BCUT2D eigenvalue weighted by molar-refractivity contribution is 9.11. The van der Waals surface area contributed by atoms with Gasteiger partial charge in [0.05, 0.1) is 10.6 Å². The standard InChI is InChI=1S/C12H17Br2N3O/c1-16(2)6-9-4-10(18)7-17(9)12-11(14)3-8(13)5-15-12/h3,5,9-10,18H,4,6-7H2,1-2H3. The monoisotopic (exact) mass is 377 g/mol. The lowest BCUT2D eigenvalue weighted by Crippen LogP contribution is -2.38. The van der Waals surface area contributed by atoms with E-state index in [9.17, 15) is 5.11 Å². The van der Waals surface area contributed by atoms with Crippen molar-refractivity contribution in [1.29, 1.82) is 0 Å². The molecule has 4 nitrogen and oxygen atoms in total. The number of hydrogen-bond donors (Lipinski definition) is 1. The van der Waals surface area contributed by atoms with Crippen molar-refractivity contribution in [2.75, 3.05) is 32.1 Å². The average molecular weight is 379 g/mol. The van der Waals surface area contributed by atoms with E-state index in [4.69, 9.17) is 0 Å². The maximum absolute atomic E-state index is 9.88. The summed E-state index contributed by atoms with van der Waals surface area (Å²) in [6.45, 7) is 1.56. The second-order valence-electron chi connectivity index (χ2n) is 4.92. The summed E-state index contributed by atoms with van der Waals surface area (Å²) in [5, 5.41) is 9.88. The van der Waals surface area contributed by atoms with E-state index in [2.05, 4.69) is 46.6 Å². The minimum atomic E-state index is -0.271. The predicted octanol–water partition coefficient (Wildman–Crippen LogP) is 2.11. The molecule has 2 rings (SSSR count). The maximum Gasteiger partial charge on any atom is 0.143 e. The van der Waals surface area contributed by atoms with Gasteiger partial charge >= 0.3 is 0 Å². The van der Waals surface area contributed by atoms with E-state index in [0.717, 1.165) is 27.7 Å². The fraction of sp³-hybridized carbons (Fsp3) is 0.583. The summed E-state index contributed by atoms with van der Waals surface area (Å²) in [5.74, 6) is 0.904. The van der Waals surface area contributed by atoms with Gasteiger partial charge in [0.2, 0.25) is 0 Å². The number of likely N-dealkylation sites (N-methyl/N-ethyl adjacent to an activating group) is 1. The number of anilines is 1. The smallest absolute Gasteiger partial charge is 0.143 e. The second kappa shape index (κ2) is 5.86. The van der Waals surface area contributed by atoms with Gasteiger partial charge in [0.25, 0.3) is 0 Å². The van der Waals surface area contributed by atoms with Gasteiger partial charge in [-0.2, -0.15) is 0 Å². The average Bonchev–Trinajstić information content (AvgIpc) is 2.58. The summed E-state index contributed by atoms with van der Waals surface area (Å²) in [7, 11) is 4.10. The first-order chi connectivity index (χ1) is 8.47. The quantitative estimate of drug-likeness (QED) is 0.874. The highest BCUT2D eigenvalue weighted by Gasteiger charge is 2.33. The molecule has 0 amide bonds.